The number of pyridine rings is 1. The fraction of sp³-hybridized carbons (Fsp3) is 0.375. The summed E-state index contributed by atoms with van der Waals surface area (Å²) < 4.78 is 0. The van der Waals surface area contributed by atoms with E-state index in [1.54, 1.807) is 11.3 Å². The minimum Gasteiger partial charge on any atom is -0.354 e. The highest BCUT2D eigenvalue weighted by Crippen LogP contribution is 2.19. The average molecular weight is 313 g/mol. The van der Waals surface area contributed by atoms with E-state index in [1.165, 1.54) is 11.1 Å². The van der Waals surface area contributed by atoms with Gasteiger partial charge >= 0.3 is 0 Å². The zero-order valence-electron chi connectivity index (χ0n) is 12.6. The van der Waals surface area contributed by atoms with Gasteiger partial charge < -0.3 is 9.88 Å². The number of hydrogen-bond donors (Lipinski definition) is 1. The van der Waals surface area contributed by atoms with Crippen LogP contribution in [0.3, 0.4) is 0 Å². The highest BCUT2D eigenvalue weighted by atomic mass is 32.1. The number of thiazole rings is 1. The van der Waals surface area contributed by atoms with Crippen LogP contribution in [-0.4, -0.2) is 46.0 Å². The van der Waals surface area contributed by atoms with E-state index in [0.717, 1.165) is 49.2 Å². The summed E-state index contributed by atoms with van der Waals surface area (Å²) in [6, 6.07) is 6.31. The Morgan fingerprint density at radius 1 is 1.14 bits per heavy atom. The number of piperazine rings is 1. The highest BCUT2D eigenvalue weighted by Gasteiger charge is 2.19. The number of aromatic amines is 1. The Balaban J connectivity index is 1.40. The zero-order valence-corrected chi connectivity index (χ0v) is 13.4. The Kier molecular flexibility index (Phi) is 3.56. The van der Waals surface area contributed by atoms with E-state index in [4.69, 9.17) is 4.98 Å². The van der Waals surface area contributed by atoms with Crippen molar-refractivity contribution >= 4 is 28.2 Å². The molecule has 1 N–H and O–H groups in total. The maximum absolute atomic E-state index is 4.71. The van der Waals surface area contributed by atoms with Gasteiger partial charge in [-0.05, 0) is 25.1 Å². The Morgan fingerprint density at radius 2 is 2.00 bits per heavy atom. The first kappa shape index (κ1) is 13.7. The molecule has 0 spiro atoms. The third-order valence-corrected chi connectivity index (χ3v) is 4.97. The second-order valence-electron chi connectivity index (χ2n) is 5.71. The van der Waals surface area contributed by atoms with Crippen LogP contribution in [0.2, 0.25) is 0 Å². The molecule has 114 valence electrons. The van der Waals surface area contributed by atoms with Crippen molar-refractivity contribution in [3.63, 3.8) is 0 Å². The van der Waals surface area contributed by atoms with E-state index >= 15 is 0 Å². The molecule has 0 bridgehead atoms. The smallest absolute Gasteiger partial charge is 0.139 e. The number of anilines is 1. The molecular formula is C16H19N5S. The number of nitrogens with zero attached hydrogens (tertiary/aromatic N) is 4. The van der Waals surface area contributed by atoms with Gasteiger partial charge in [0.25, 0.3) is 0 Å². The first-order chi connectivity index (χ1) is 10.8. The van der Waals surface area contributed by atoms with Crippen LogP contribution in [0.15, 0.2) is 29.8 Å². The van der Waals surface area contributed by atoms with Gasteiger partial charge in [-0.3, -0.25) is 4.90 Å². The van der Waals surface area contributed by atoms with Gasteiger partial charge in [-0.15, -0.1) is 11.3 Å². The molecule has 3 aromatic heterocycles. The SMILES string of the molecule is Cc1nc(CN2CCN(c3ccc4cc[nH]c4n3)CC2)cs1. The summed E-state index contributed by atoms with van der Waals surface area (Å²) in [5.41, 5.74) is 2.17. The van der Waals surface area contributed by atoms with Crippen molar-refractivity contribution in [2.24, 2.45) is 0 Å². The lowest BCUT2D eigenvalue weighted by molar-refractivity contribution is 0.247. The second-order valence-corrected chi connectivity index (χ2v) is 6.77. The van der Waals surface area contributed by atoms with Gasteiger partial charge in [0.05, 0.1) is 10.7 Å². The van der Waals surface area contributed by atoms with E-state index in [9.17, 15) is 0 Å². The van der Waals surface area contributed by atoms with Crippen LogP contribution >= 0.6 is 11.3 Å². The molecule has 0 atom stereocenters. The maximum Gasteiger partial charge on any atom is 0.139 e. The Morgan fingerprint density at radius 3 is 2.77 bits per heavy atom. The molecule has 0 aliphatic carbocycles. The van der Waals surface area contributed by atoms with E-state index < -0.39 is 0 Å². The maximum atomic E-state index is 4.71. The van der Waals surface area contributed by atoms with Crippen LogP contribution in [0, 0.1) is 6.92 Å². The number of nitrogens with one attached hydrogen (secondary N) is 1. The van der Waals surface area contributed by atoms with Crippen LogP contribution in [0.25, 0.3) is 11.0 Å². The van der Waals surface area contributed by atoms with E-state index in [0.29, 0.717) is 0 Å². The molecular weight excluding hydrogens is 294 g/mol. The summed E-state index contributed by atoms with van der Waals surface area (Å²) >= 11 is 1.73. The standard InChI is InChI=1S/C16H19N5S/c1-12-18-14(11-22-12)10-20-6-8-21(9-7-20)15-3-2-13-4-5-17-16(13)19-15/h2-5,11H,6-10H2,1H3,(H,17,19). The summed E-state index contributed by atoms with van der Waals surface area (Å²) in [4.78, 5) is 17.3. The van der Waals surface area contributed by atoms with Crippen LogP contribution < -0.4 is 4.90 Å². The van der Waals surface area contributed by atoms with Gasteiger partial charge in [-0.1, -0.05) is 0 Å². The molecule has 0 radical (unpaired) electrons. The first-order valence-corrected chi connectivity index (χ1v) is 8.48. The summed E-state index contributed by atoms with van der Waals surface area (Å²) in [6.07, 6.45) is 1.94. The number of hydrogen-bond acceptors (Lipinski definition) is 5. The Labute approximate surface area is 133 Å². The van der Waals surface area contributed by atoms with Crippen molar-refractivity contribution in [3.05, 3.63) is 40.5 Å². The lowest BCUT2D eigenvalue weighted by Gasteiger charge is -2.35. The lowest BCUT2D eigenvalue weighted by atomic mass is 10.2. The van der Waals surface area contributed by atoms with Gasteiger partial charge in [0.2, 0.25) is 0 Å². The third kappa shape index (κ3) is 2.71. The minimum atomic E-state index is 0.960. The van der Waals surface area contributed by atoms with E-state index in [1.807, 2.05) is 6.20 Å². The molecule has 0 unspecified atom stereocenters. The van der Waals surface area contributed by atoms with Crippen molar-refractivity contribution < 1.29 is 0 Å². The largest absolute Gasteiger partial charge is 0.354 e. The molecule has 5 nitrogen and oxygen atoms in total. The fourth-order valence-corrected chi connectivity index (χ4v) is 3.55. The molecule has 1 saturated heterocycles. The van der Waals surface area contributed by atoms with Crippen molar-refractivity contribution in [1.82, 2.24) is 19.9 Å². The van der Waals surface area contributed by atoms with E-state index in [-0.39, 0.29) is 0 Å². The summed E-state index contributed by atoms with van der Waals surface area (Å²) in [7, 11) is 0. The molecule has 0 saturated carbocycles. The summed E-state index contributed by atoms with van der Waals surface area (Å²) in [5, 5.41) is 4.49. The monoisotopic (exact) mass is 313 g/mol. The lowest BCUT2D eigenvalue weighted by Crippen LogP contribution is -2.46. The van der Waals surface area contributed by atoms with Crippen LogP contribution in [0.4, 0.5) is 5.82 Å². The number of H-pyrrole nitrogens is 1. The van der Waals surface area contributed by atoms with Crippen LogP contribution in [-0.2, 0) is 6.54 Å². The average Bonchev–Trinajstić information content (AvgIpc) is 3.16. The van der Waals surface area contributed by atoms with Gasteiger partial charge in [0.1, 0.15) is 11.5 Å². The van der Waals surface area contributed by atoms with Crippen molar-refractivity contribution in [3.8, 4) is 0 Å². The molecule has 1 fully saturated rings. The third-order valence-electron chi connectivity index (χ3n) is 4.14. The Hall–Kier alpha value is -1.92. The normalized spacial score (nSPS) is 16.5. The fourth-order valence-electron chi connectivity index (χ4n) is 2.94. The molecule has 6 heteroatoms. The second kappa shape index (κ2) is 5.70. The number of rotatable bonds is 3. The van der Waals surface area contributed by atoms with Crippen LogP contribution in [0.5, 0.6) is 0 Å². The molecule has 1 aliphatic rings. The van der Waals surface area contributed by atoms with E-state index in [2.05, 4.69) is 50.3 Å². The number of aromatic nitrogens is 3. The minimum absolute atomic E-state index is 0.960. The quantitative estimate of drug-likeness (QED) is 0.807. The zero-order chi connectivity index (χ0) is 14.9. The van der Waals surface area contributed by atoms with Crippen LogP contribution in [0.1, 0.15) is 10.7 Å². The molecule has 22 heavy (non-hydrogen) atoms. The summed E-state index contributed by atoms with van der Waals surface area (Å²) in [5.74, 6) is 1.07. The predicted molar refractivity (Wildman–Crippen MR) is 90.4 cm³/mol. The highest BCUT2D eigenvalue weighted by molar-refractivity contribution is 7.09. The van der Waals surface area contributed by atoms with Crippen molar-refractivity contribution in [2.75, 3.05) is 31.1 Å². The predicted octanol–water partition coefficient (Wildman–Crippen LogP) is 2.65. The van der Waals surface area contributed by atoms with Gasteiger partial charge in [-0.2, -0.15) is 0 Å². The molecule has 3 aromatic rings. The molecule has 4 heterocycles. The Bertz CT molecular complexity index is 770. The van der Waals surface area contributed by atoms with Gasteiger partial charge in [0, 0.05) is 49.7 Å². The molecule has 0 amide bonds. The molecule has 4 rings (SSSR count). The molecule has 0 aromatic carbocycles. The van der Waals surface area contributed by atoms with Crippen molar-refractivity contribution in [2.45, 2.75) is 13.5 Å². The number of fused-ring (bicyclic) bond motifs is 1. The van der Waals surface area contributed by atoms with Gasteiger partial charge in [-0.25, -0.2) is 9.97 Å². The van der Waals surface area contributed by atoms with Crippen molar-refractivity contribution in [1.29, 1.82) is 0 Å². The number of aryl methyl sites for hydroxylation is 1. The summed E-state index contributed by atoms with van der Waals surface area (Å²) in [6.45, 7) is 7.17. The first-order valence-electron chi connectivity index (χ1n) is 7.60. The topological polar surface area (TPSA) is 48.1 Å². The molecule has 1 aliphatic heterocycles. The van der Waals surface area contributed by atoms with Gasteiger partial charge in [0.15, 0.2) is 0 Å².